The normalized spacial score (nSPS) is 12.6. The van der Waals surface area contributed by atoms with Crippen molar-refractivity contribution in [3.05, 3.63) is 35.4 Å². The number of Topliss-reactive ketones (excluding diaryl/α,β-unsaturated/α-hetero) is 1. The Bertz CT molecular complexity index is 402. The molecule has 1 nitrogen and oxygen atoms in total. The smallest absolute Gasteiger partial charge is 0.287 e. The van der Waals surface area contributed by atoms with Gasteiger partial charge in [0.2, 0.25) is 5.78 Å². The summed E-state index contributed by atoms with van der Waals surface area (Å²) in [5.74, 6) is -5.30. The van der Waals surface area contributed by atoms with Gasteiger partial charge in [-0.3, -0.25) is 4.79 Å². The predicted molar refractivity (Wildman–Crippen MR) is 46.4 cm³/mol. The molecule has 0 saturated heterocycles. The van der Waals surface area contributed by atoms with E-state index in [0.29, 0.717) is 19.1 Å². The summed E-state index contributed by atoms with van der Waals surface area (Å²) in [6.45, 7) is 0.343. The molecular weight excluding hydrogens is 231 g/mol. The summed E-state index contributed by atoms with van der Waals surface area (Å²) in [5.41, 5.74) is -1.77. The van der Waals surface area contributed by atoms with Crippen LogP contribution in [0.3, 0.4) is 0 Å². The van der Waals surface area contributed by atoms with Gasteiger partial charge in [-0.25, -0.2) is 0 Å². The molecule has 6 heteroatoms. The summed E-state index contributed by atoms with van der Waals surface area (Å²) in [7, 11) is 0. The lowest BCUT2D eigenvalue weighted by atomic mass is 10.0. The van der Waals surface area contributed by atoms with Crippen LogP contribution in [0.15, 0.2) is 24.3 Å². The SMILES string of the molecule is CC(F)(F)C(=O)c1cccc(C(F)(F)F)c1. The molecule has 0 atom stereocenters. The van der Waals surface area contributed by atoms with Crippen LogP contribution in [0.1, 0.15) is 22.8 Å². The molecule has 0 fully saturated rings. The lowest BCUT2D eigenvalue weighted by molar-refractivity contribution is -0.137. The summed E-state index contributed by atoms with van der Waals surface area (Å²) in [4.78, 5) is 11.0. The summed E-state index contributed by atoms with van der Waals surface area (Å²) in [5, 5.41) is 0. The number of benzene rings is 1. The van der Waals surface area contributed by atoms with Crippen molar-refractivity contribution in [1.82, 2.24) is 0 Å². The van der Waals surface area contributed by atoms with Crippen LogP contribution in [0.4, 0.5) is 22.0 Å². The summed E-state index contributed by atoms with van der Waals surface area (Å²) in [6.07, 6.45) is -4.65. The Morgan fingerprint density at radius 1 is 1.12 bits per heavy atom. The molecule has 0 saturated carbocycles. The first-order valence-corrected chi connectivity index (χ1v) is 4.22. The van der Waals surface area contributed by atoms with Crippen LogP contribution in [0.5, 0.6) is 0 Å². The fourth-order valence-corrected chi connectivity index (χ4v) is 1.09. The van der Waals surface area contributed by atoms with E-state index in [4.69, 9.17) is 0 Å². The average Bonchev–Trinajstić information content (AvgIpc) is 2.14. The Hall–Kier alpha value is -1.46. The van der Waals surface area contributed by atoms with Crippen molar-refractivity contribution in [1.29, 1.82) is 0 Å². The van der Waals surface area contributed by atoms with Gasteiger partial charge in [-0.2, -0.15) is 22.0 Å². The molecule has 0 bridgehead atoms. The maximum atomic E-state index is 12.6. The van der Waals surface area contributed by atoms with Crippen LogP contribution in [-0.2, 0) is 6.18 Å². The van der Waals surface area contributed by atoms with Crippen molar-refractivity contribution >= 4 is 5.78 Å². The number of rotatable bonds is 2. The van der Waals surface area contributed by atoms with Crippen molar-refractivity contribution < 1.29 is 26.7 Å². The molecule has 0 heterocycles. The Morgan fingerprint density at radius 3 is 2.12 bits per heavy atom. The number of carbonyl (C=O) groups is 1. The minimum atomic E-state index is -4.65. The fraction of sp³-hybridized carbons (Fsp3) is 0.300. The van der Waals surface area contributed by atoms with Crippen molar-refractivity contribution in [2.75, 3.05) is 0 Å². The van der Waals surface area contributed by atoms with E-state index in [0.717, 1.165) is 12.1 Å². The third kappa shape index (κ3) is 2.77. The largest absolute Gasteiger partial charge is 0.416 e. The first-order chi connectivity index (χ1) is 7.12. The lowest BCUT2D eigenvalue weighted by Gasteiger charge is -2.11. The molecule has 1 aromatic carbocycles. The summed E-state index contributed by atoms with van der Waals surface area (Å²) >= 11 is 0. The number of alkyl halides is 5. The van der Waals surface area contributed by atoms with E-state index in [-0.39, 0.29) is 0 Å². The fourth-order valence-electron chi connectivity index (χ4n) is 1.09. The molecule has 16 heavy (non-hydrogen) atoms. The Balaban J connectivity index is 3.14. The van der Waals surface area contributed by atoms with Gasteiger partial charge in [0.05, 0.1) is 5.56 Å². The van der Waals surface area contributed by atoms with Crippen molar-refractivity contribution in [2.45, 2.75) is 19.0 Å². The topological polar surface area (TPSA) is 17.1 Å². The molecule has 0 amide bonds. The molecule has 0 aromatic heterocycles. The Labute approximate surface area is 87.9 Å². The second-order valence-electron chi connectivity index (χ2n) is 3.30. The van der Waals surface area contributed by atoms with Gasteiger partial charge in [-0.15, -0.1) is 0 Å². The first kappa shape index (κ1) is 12.6. The highest BCUT2D eigenvalue weighted by atomic mass is 19.4. The van der Waals surface area contributed by atoms with E-state index in [1.54, 1.807) is 0 Å². The van der Waals surface area contributed by atoms with E-state index < -0.39 is 29.0 Å². The first-order valence-electron chi connectivity index (χ1n) is 4.22. The quantitative estimate of drug-likeness (QED) is 0.568. The second kappa shape index (κ2) is 3.84. The highest BCUT2D eigenvalue weighted by Gasteiger charge is 2.35. The molecule has 1 rings (SSSR count). The van der Waals surface area contributed by atoms with Gasteiger partial charge >= 0.3 is 12.1 Å². The lowest BCUT2D eigenvalue weighted by Crippen LogP contribution is -2.24. The number of hydrogen-bond acceptors (Lipinski definition) is 1. The zero-order chi connectivity index (χ0) is 12.6. The van der Waals surface area contributed by atoms with E-state index in [1.165, 1.54) is 0 Å². The highest BCUT2D eigenvalue weighted by molar-refractivity contribution is 6.01. The van der Waals surface area contributed by atoms with Crippen molar-refractivity contribution in [3.63, 3.8) is 0 Å². The van der Waals surface area contributed by atoms with Crippen molar-refractivity contribution in [2.24, 2.45) is 0 Å². The third-order valence-electron chi connectivity index (χ3n) is 1.85. The number of carbonyl (C=O) groups excluding carboxylic acids is 1. The van der Waals surface area contributed by atoms with Crippen LogP contribution >= 0.6 is 0 Å². The molecule has 0 aliphatic carbocycles. The Morgan fingerprint density at radius 2 is 1.69 bits per heavy atom. The second-order valence-corrected chi connectivity index (χ2v) is 3.30. The summed E-state index contributed by atoms with van der Waals surface area (Å²) in [6, 6.07) is 2.97. The number of halogens is 5. The Kier molecular flexibility index (Phi) is 3.03. The zero-order valence-corrected chi connectivity index (χ0v) is 8.11. The van der Waals surface area contributed by atoms with Gasteiger partial charge in [-0.1, -0.05) is 12.1 Å². The van der Waals surface area contributed by atoms with Gasteiger partial charge in [0.15, 0.2) is 0 Å². The molecular formula is C10H7F5O. The predicted octanol–water partition coefficient (Wildman–Crippen LogP) is 3.54. The van der Waals surface area contributed by atoms with Gasteiger partial charge in [0, 0.05) is 12.5 Å². The summed E-state index contributed by atoms with van der Waals surface area (Å²) < 4.78 is 61.9. The third-order valence-corrected chi connectivity index (χ3v) is 1.85. The minimum Gasteiger partial charge on any atom is -0.287 e. The molecule has 0 aliphatic heterocycles. The van der Waals surface area contributed by atoms with E-state index >= 15 is 0 Å². The molecule has 0 radical (unpaired) electrons. The molecule has 0 N–H and O–H groups in total. The van der Waals surface area contributed by atoms with Gasteiger partial charge in [0.1, 0.15) is 0 Å². The van der Waals surface area contributed by atoms with Crippen LogP contribution in [0.25, 0.3) is 0 Å². The van der Waals surface area contributed by atoms with Crippen LogP contribution in [-0.4, -0.2) is 11.7 Å². The minimum absolute atomic E-state index is 0.343. The van der Waals surface area contributed by atoms with E-state index in [2.05, 4.69) is 0 Å². The van der Waals surface area contributed by atoms with Crippen LogP contribution in [0.2, 0.25) is 0 Å². The van der Waals surface area contributed by atoms with E-state index in [9.17, 15) is 26.7 Å². The van der Waals surface area contributed by atoms with Gasteiger partial charge in [-0.05, 0) is 12.1 Å². The number of hydrogen-bond donors (Lipinski definition) is 0. The highest BCUT2D eigenvalue weighted by Crippen LogP contribution is 2.30. The molecule has 0 unspecified atom stereocenters. The zero-order valence-electron chi connectivity index (χ0n) is 8.11. The molecule has 1 aromatic rings. The standard InChI is InChI=1S/C10H7F5O/c1-9(11,12)8(16)6-3-2-4-7(5-6)10(13,14)15/h2-5H,1H3. The molecule has 0 spiro atoms. The number of ketones is 1. The van der Waals surface area contributed by atoms with Gasteiger partial charge in [0.25, 0.3) is 0 Å². The van der Waals surface area contributed by atoms with Gasteiger partial charge < -0.3 is 0 Å². The van der Waals surface area contributed by atoms with Crippen molar-refractivity contribution in [3.8, 4) is 0 Å². The van der Waals surface area contributed by atoms with E-state index in [1.807, 2.05) is 0 Å². The maximum absolute atomic E-state index is 12.6. The van der Waals surface area contributed by atoms with Crippen LogP contribution in [0, 0.1) is 0 Å². The maximum Gasteiger partial charge on any atom is 0.416 e. The molecule has 0 aliphatic rings. The average molecular weight is 238 g/mol. The van der Waals surface area contributed by atoms with Crippen LogP contribution < -0.4 is 0 Å². The monoisotopic (exact) mass is 238 g/mol. The molecule has 88 valence electrons.